The Morgan fingerprint density at radius 2 is 2.09 bits per heavy atom. The minimum Gasteiger partial charge on any atom is -0.508 e. The van der Waals surface area contributed by atoms with Gasteiger partial charge in [-0.3, -0.25) is 0 Å². The van der Waals surface area contributed by atoms with E-state index in [9.17, 15) is 4.39 Å². The molecule has 1 rings (SSSR count). The zero-order valence-electron chi connectivity index (χ0n) is 5.75. The lowest BCUT2D eigenvalue weighted by Gasteiger charge is -1.97. The van der Waals surface area contributed by atoms with Gasteiger partial charge in [-0.05, 0) is 6.07 Å². The molecule has 0 bridgehead atoms. The fourth-order valence-electron chi connectivity index (χ4n) is 0.702. The Bertz CT molecular complexity index is 242. The summed E-state index contributed by atoms with van der Waals surface area (Å²) >= 11 is 0. The van der Waals surface area contributed by atoms with Gasteiger partial charge in [-0.1, -0.05) is 6.07 Å². The second-order valence-corrected chi connectivity index (χ2v) is 1.98. The first-order chi connectivity index (χ1) is 4.74. The molecule has 1 aromatic carbocycles. The maximum absolute atomic E-state index is 12.6. The molecule has 0 spiro atoms. The van der Waals surface area contributed by atoms with Crippen LogP contribution in [-0.4, -0.2) is 5.11 Å². The topological polar surface area (TPSA) is 46.2 Å². The molecule has 0 unspecified atom stereocenters. The summed E-state index contributed by atoms with van der Waals surface area (Å²) in [6.45, 7) is 0.159. The molecular formula is C7H9ClFNO. The summed E-state index contributed by atoms with van der Waals surface area (Å²) in [5, 5.41) is 8.75. The van der Waals surface area contributed by atoms with Crippen molar-refractivity contribution in [3.8, 4) is 5.75 Å². The first-order valence-corrected chi connectivity index (χ1v) is 2.91. The third-order valence-electron chi connectivity index (χ3n) is 1.26. The van der Waals surface area contributed by atoms with Crippen LogP contribution >= 0.6 is 12.4 Å². The van der Waals surface area contributed by atoms with Gasteiger partial charge in [0.1, 0.15) is 11.6 Å². The average molecular weight is 178 g/mol. The summed E-state index contributed by atoms with van der Waals surface area (Å²) in [4.78, 5) is 0. The number of hydrogen-bond acceptors (Lipinski definition) is 2. The number of nitrogens with two attached hydrogens (primary N) is 1. The van der Waals surface area contributed by atoms with Gasteiger partial charge in [0, 0.05) is 18.2 Å². The molecule has 0 radical (unpaired) electrons. The largest absolute Gasteiger partial charge is 0.508 e. The summed E-state index contributed by atoms with van der Waals surface area (Å²) < 4.78 is 12.6. The first-order valence-electron chi connectivity index (χ1n) is 2.91. The van der Waals surface area contributed by atoms with Gasteiger partial charge in [-0.25, -0.2) is 4.39 Å². The van der Waals surface area contributed by atoms with Crippen molar-refractivity contribution in [3.63, 3.8) is 0 Å². The van der Waals surface area contributed by atoms with E-state index in [0.717, 1.165) is 6.07 Å². The van der Waals surface area contributed by atoms with E-state index in [4.69, 9.17) is 10.8 Å². The molecule has 4 heteroatoms. The van der Waals surface area contributed by atoms with Crippen LogP contribution in [0.4, 0.5) is 4.39 Å². The van der Waals surface area contributed by atoms with Gasteiger partial charge in [0.25, 0.3) is 0 Å². The maximum Gasteiger partial charge on any atom is 0.131 e. The third kappa shape index (κ3) is 2.37. The molecule has 0 saturated heterocycles. The van der Waals surface area contributed by atoms with Crippen LogP contribution in [0.5, 0.6) is 5.75 Å². The molecule has 1 aromatic rings. The molecule has 0 aliphatic carbocycles. The summed E-state index contributed by atoms with van der Waals surface area (Å²) in [5.74, 6) is -0.530. The van der Waals surface area contributed by atoms with E-state index in [1.807, 2.05) is 0 Å². The van der Waals surface area contributed by atoms with Gasteiger partial charge in [-0.15, -0.1) is 12.4 Å². The number of hydrogen-bond donors (Lipinski definition) is 2. The van der Waals surface area contributed by atoms with Crippen molar-refractivity contribution in [1.82, 2.24) is 0 Å². The molecule has 0 amide bonds. The summed E-state index contributed by atoms with van der Waals surface area (Å²) in [5.41, 5.74) is 5.59. The second-order valence-electron chi connectivity index (χ2n) is 1.98. The van der Waals surface area contributed by atoms with E-state index in [2.05, 4.69) is 0 Å². The predicted octanol–water partition coefficient (Wildman–Crippen LogP) is 1.41. The Labute approximate surface area is 70.2 Å². The van der Waals surface area contributed by atoms with Crippen LogP contribution in [0.3, 0.4) is 0 Å². The van der Waals surface area contributed by atoms with Crippen molar-refractivity contribution >= 4 is 12.4 Å². The highest BCUT2D eigenvalue weighted by atomic mass is 35.5. The lowest BCUT2D eigenvalue weighted by atomic mass is 10.2. The monoisotopic (exact) mass is 177 g/mol. The van der Waals surface area contributed by atoms with Gasteiger partial charge in [-0.2, -0.15) is 0 Å². The van der Waals surface area contributed by atoms with Crippen LogP contribution in [0.25, 0.3) is 0 Å². The molecule has 3 N–H and O–H groups in total. The highest BCUT2D eigenvalue weighted by molar-refractivity contribution is 5.85. The zero-order valence-corrected chi connectivity index (χ0v) is 6.57. The molecule has 11 heavy (non-hydrogen) atoms. The van der Waals surface area contributed by atoms with Gasteiger partial charge < -0.3 is 10.8 Å². The van der Waals surface area contributed by atoms with E-state index in [0.29, 0.717) is 5.56 Å². The summed E-state index contributed by atoms with van der Waals surface area (Å²) in [6, 6.07) is 3.91. The predicted molar refractivity (Wildman–Crippen MR) is 43.2 cm³/mol. The van der Waals surface area contributed by atoms with Crippen molar-refractivity contribution in [2.45, 2.75) is 6.54 Å². The van der Waals surface area contributed by atoms with Crippen molar-refractivity contribution < 1.29 is 9.50 Å². The van der Waals surface area contributed by atoms with E-state index in [-0.39, 0.29) is 24.7 Å². The molecular weight excluding hydrogens is 169 g/mol. The van der Waals surface area contributed by atoms with Gasteiger partial charge in [0.15, 0.2) is 0 Å². The zero-order chi connectivity index (χ0) is 7.56. The SMILES string of the molecule is Cl.NCc1ccc(O)cc1F. The van der Waals surface area contributed by atoms with Crippen molar-refractivity contribution in [3.05, 3.63) is 29.6 Å². The molecule has 62 valence electrons. The van der Waals surface area contributed by atoms with Crippen molar-refractivity contribution in [2.75, 3.05) is 0 Å². The third-order valence-corrected chi connectivity index (χ3v) is 1.26. The Morgan fingerprint density at radius 3 is 2.55 bits per heavy atom. The normalized spacial score (nSPS) is 8.91. The fourth-order valence-corrected chi connectivity index (χ4v) is 0.702. The molecule has 0 atom stereocenters. The van der Waals surface area contributed by atoms with Crippen molar-refractivity contribution in [1.29, 1.82) is 0 Å². The summed E-state index contributed by atoms with van der Waals surface area (Å²) in [6.07, 6.45) is 0. The number of halogens is 2. The van der Waals surface area contributed by atoms with Gasteiger partial charge in [0.05, 0.1) is 0 Å². The number of aromatic hydroxyl groups is 1. The Kier molecular flexibility index (Phi) is 3.85. The minimum absolute atomic E-state index is 0. The smallest absolute Gasteiger partial charge is 0.131 e. The molecule has 0 aliphatic heterocycles. The van der Waals surface area contributed by atoms with Crippen LogP contribution in [0.1, 0.15) is 5.56 Å². The number of phenols is 1. The first kappa shape index (κ1) is 10.2. The highest BCUT2D eigenvalue weighted by Gasteiger charge is 1.98. The maximum atomic E-state index is 12.6. The van der Waals surface area contributed by atoms with Gasteiger partial charge in [0.2, 0.25) is 0 Å². The Balaban J connectivity index is 0.000001000. The van der Waals surface area contributed by atoms with Crippen LogP contribution in [0.15, 0.2) is 18.2 Å². The summed E-state index contributed by atoms with van der Waals surface area (Å²) in [7, 11) is 0. The van der Waals surface area contributed by atoms with E-state index < -0.39 is 5.82 Å². The van der Waals surface area contributed by atoms with Crippen LogP contribution in [-0.2, 0) is 6.54 Å². The number of phenolic OH excluding ortho intramolecular Hbond substituents is 1. The lowest BCUT2D eigenvalue weighted by molar-refractivity contribution is 0.468. The number of rotatable bonds is 1. The Morgan fingerprint density at radius 1 is 1.45 bits per heavy atom. The van der Waals surface area contributed by atoms with E-state index in [1.165, 1.54) is 12.1 Å². The minimum atomic E-state index is -0.456. The molecule has 0 aliphatic rings. The highest BCUT2D eigenvalue weighted by Crippen LogP contribution is 2.13. The van der Waals surface area contributed by atoms with Crippen LogP contribution in [0, 0.1) is 5.82 Å². The molecule has 0 heterocycles. The Hall–Kier alpha value is -0.800. The molecule has 0 fully saturated rings. The standard InChI is InChI=1S/C7H8FNO.ClH/c8-7-3-6(10)2-1-5(7)4-9;/h1-3,10H,4,9H2;1H. The van der Waals surface area contributed by atoms with E-state index >= 15 is 0 Å². The molecule has 2 nitrogen and oxygen atoms in total. The second kappa shape index (κ2) is 4.16. The van der Waals surface area contributed by atoms with Crippen LogP contribution < -0.4 is 5.73 Å². The average Bonchev–Trinajstić information content (AvgIpc) is 1.88. The molecule has 0 aromatic heterocycles. The molecule has 0 saturated carbocycles. The van der Waals surface area contributed by atoms with Gasteiger partial charge >= 0.3 is 0 Å². The van der Waals surface area contributed by atoms with Crippen molar-refractivity contribution in [2.24, 2.45) is 5.73 Å². The van der Waals surface area contributed by atoms with E-state index in [1.54, 1.807) is 0 Å². The number of benzene rings is 1. The fraction of sp³-hybridized carbons (Fsp3) is 0.143. The quantitative estimate of drug-likeness (QED) is 0.682. The lowest BCUT2D eigenvalue weighted by Crippen LogP contribution is -1.98. The van der Waals surface area contributed by atoms with Crippen LogP contribution in [0.2, 0.25) is 0 Å².